The zero-order chi connectivity index (χ0) is 19.4. The highest BCUT2D eigenvalue weighted by molar-refractivity contribution is 7.99. The molecule has 2 aromatic heterocycles. The Morgan fingerprint density at radius 2 is 1.81 bits per heavy atom. The lowest BCUT2D eigenvalue weighted by atomic mass is 10.2. The Morgan fingerprint density at radius 1 is 1.07 bits per heavy atom. The summed E-state index contributed by atoms with van der Waals surface area (Å²) in [6.07, 6.45) is -1.37. The van der Waals surface area contributed by atoms with Gasteiger partial charge in [0.2, 0.25) is 0 Å². The van der Waals surface area contributed by atoms with Crippen LogP contribution in [0.25, 0.3) is 0 Å². The van der Waals surface area contributed by atoms with Crippen LogP contribution in [-0.4, -0.2) is 15.9 Å². The standard InChI is InChI=1S/C18H12F3N3O2S/c19-18(20,21)11-4-6-12(7-5-11)26-14-9-13(10-24-16(14)17(22)25)27-15-3-1-2-8-23-15/h1-10H,(H2,22,25). The molecule has 5 nitrogen and oxygen atoms in total. The summed E-state index contributed by atoms with van der Waals surface area (Å²) in [6.45, 7) is 0. The van der Waals surface area contributed by atoms with E-state index in [1.807, 2.05) is 6.07 Å². The molecule has 0 fully saturated rings. The van der Waals surface area contributed by atoms with Crippen LogP contribution in [0.3, 0.4) is 0 Å². The minimum atomic E-state index is -4.45. The summed E-state index contributed by atoms with van der Waals surface area (Å²) in [7, 11) is 0. The van der Waals surface area contributed by atoms with E-state index in [0.29, 0.717) is 9.92 Å². The Morgan fingerprint density at radius 3 is 2.41 bits per heavy atom. The highest BCUT2D eigenvalue weighted by atomic mass is 32.2. The van der Waals surface area contributed by atoms with E-state index in [4.69, 9.17) is 10.5 Å². The van der Waals surface area contributed by atoms with Gasteiger partial charge in [0.05, 0.1) is 5.56 Å². The number of rotatable bonds is 5. The Kier molecular flexibility index (Phi) is 5.31. The molecule has 1 amide bonds. The molecule has 0 aliphatic carbocycles. The van der Waals surface area contributed by atoms with Gasteiger partial charge in [0.15, 0.2) is 11.4 Å². The van der Waals surface area contributed by atoms with Crippen LogP contribution in [-0.2, 0) is 6.18 Å². The molecule has 0 bridgehead atoms. The van der Waals surface area contributed by atoms with Crippen LogP contribution in [0.2, 0.25) is 0 Å². The van der Waals surface area contributed by atoms with E-state index >= 15 is 0 Å². The van der Waals surface area contributed by atoms with Crippen LogP contribution in [0, 0.1) is 0 Å². The Bertz CT molecular complexity index is 948. The number of nitrogens with zero attached hydrogens (tertiary/aromatic N) is 2. The molecule has 2 N–H and O–H groups in total. The molecule has 0 unspecified atom stereocenters. The fraction of sp³-hybridized carbons (Fsp3) is 0.0556. The van der Waals surface area contributed by atoms with Crippen LogP contribution in [0.15, 0.2) is 70.8 Å². The summed E-state index contributed by atoms with van der Waals surface area (Å²) < 4.78 is 43.5. The maximum Gasteiger partial charge on any atom is 0.416 e. The zero-order valence-corrected chi connectivity index (χ0v) is 14.4. The second kappa shape index (κ2) is 7.67. The zero-order valence-electron chi connectivity index (χ0n) is 13.6. The van der Waals surface area contributed by atoms with Gasteiger partial charge >= 0.3 is 6.18 Å². The molecule has 0 atom stereocenters. The van der Waals surface area contributed by atoms with E-state index in [-0.39, 0.29) is 17.2 Å². The summed E-state index contributed by atoms with van der Waals surface area (Å²) >= 11 is 1.28. The molecule has 0 aliphatic rings. The number of primary amides is 1. The monoisotopic (exact) mass is 391 g/mol. The molecule has 1 aromatic carbocycles. The van der Waals surface area contributed by atoms with Gasteiger partial charge in [0.1, 0.15) is 10.8 Å². The Balaban J connectivity index is 1.88. The predicted molar refractivity (Wildman–Crippen MR) is 92.6 cm³/mol. The lowest BCUT2D eigenvalue weighted by molar-refractivity contribution is -0.137. The number of alkyl halides is 3. The fourth-order valence-corrected chi connectivity index (χ4v) is 2.89. The summed E-state index contributed by atoms with van der Waals surface area (Å²) in [6, 6.07) is 11.0. The summed E-state index contributed by atoms with van der Waals surface area (Å²) in [5, 5.41) is 0.701. The maximum absolute atomic E-state index is 12.7. The predicted octanol–water partition coefficient (Wildman–Crippen LogP) is 4.54. The lowest BCUT2D eigenvalue weighted by Gasteiger charge is -2.11. The normalized spacial score (nSPS) is 11.2. The molecule has 0 saturated heterocycles. The maximum atomic E-state index is 12.7. The first kappa shape index (κ1) is 18.7. The quantitative estimate of drug-likeness (QED) is 0.691. The van der Waals surface area contributed by atoms with Crippen molar-refractivity contribution in [2.45, 2.75) is 16.1 Å². The summed E-state index contributed by atoms with van der Waals surface area (Å²) in [4.78, 5) is 20.4. The van der Waals surface area contributed by atoms with Gasteiger partial charge in [0.25, 0.3) is 5.91 Å². The SMILES string of the molecule is NC(=O)c1ncc(Sc2ccccn2)cc1Oc1ccc(C(F)(F)F)cc1. The van der Waals surface area contributed by atoms with Gasteiger partial charge < -0.3 is 10.5 Å². The van der Waals surface area contributed by atoms with Gasteiger partial charge in [-0.2, -0.15) is 13.2 Å². The molecule has 0 aliphatic heterocycles. The fourth-order valence-electron chi connectivity index (χ4n) is 2.11. The average Bonchev–Trinajstić information content (AvgIpc) is 2.62. The number of nitrogens with two attached hydrogens (primary N) is 1. The first-order chi connectivity index (χ1) is 12.8. The van der Waals surface area contributed by atoms with Crippen molar-refractivity contribution in [1.82, 2.24) is 9.97 Å². The van der Waals surface area contributed by atoms with Crippen molar-refractivity contribution >= 4 is 17.7 Å². The Labute approximate surface area is 156 Å². The summed E-state index contributed by atoms with van der Waals surface area (Å²) in [5.41, 5.74) is 4.37. The van der Waals surface area contributed by atoms with Gasteiger partial charge in [0, 0.05) is 17.3 Å². The van der Waals surface area contributed by atoms with Gasteiger partial charge in [-0.1, -0.05) is 17.8 Å². The molecule has 0 radical (unpaired) electrons. The minimum Gasteiger partial charge on any atom is -0.455 e. The van der Waals surface area contributed by atoms with E-state index in [1.54, 1.807) is 18.3 Å². The molecule has 0 spiro atoms. The van der Waals surface area contributed by atoms with Gasteiger partial charge in [-0.25, -0.2) is 9.97 Å². The van der Waals surface area contributed by atoms with E-state index in [2.05, 4.69) is 9.97 Å². The first-order valence-electron chi connectivity index (χ1n) is 7.57. The van der Waals surface area contributed by atoms with E-state index in [9.17, 15) is 18.0 Å². The van der Waals surface area contributed by atoms with E-state index in [1.165, 1.54) is 24.0 Å². The van der Waals surface area contributed by atoms with E-state index in [0.717, 1.165) is 24.3 Å². The lowest BCUT2D eigenvalue weighted by Crippen LogP contribution is -2.14. The number of halogens is 3. The number of benzene rings is 1. The number of ether oxygens (including phenoxy) is 1. The Hall–Kier alpha value is -3.07. The number of amides is 1. The van der Waals surface area contributed by atoms with Crippen molar-refractivity contribution in [2.75, 3.05) is 0 Å². The number of hydrogen-bond acceptors (Lipinski definition) is 5. The van der Waals surface area contributed by atoms with Crippen LogP contribution in [0.4, 0.5) is 13.2 Å². The number of carbonyl (C=O) groups is 1. The smallest absolute Gasteiger partial charge is 0.416 e. The molecule has 138 valence electrons. The summed E-state index contributed by atoms with van der Waals surface area (Å²) in [5.74, 6) is -0.651. The van der Waals surface area contributed by atoms with Crippen LogP contribution in [0.5, 0.6) is 11.5 Å². The van der Waals surface area contributed by atoms with Gasteiger partial charge in [-0.3, -0.25) is 4.79 Å². The topological polar surface area (TPSA) is 78.1 Å². The highest BCUT2D eigenvalue weighted by Crippen LogP contribution is 2.34. The number of carbonyl (C=O) groups excluding carboxylic acids is 1. The third-order valence-corrected chi connectivity index (χ3v) is 4.24. The van der Waals surface area contributed by atoms with Crippen LogP contribution in [0.1, 0.15) is 16.1 Å². The van der Waals surface area contributed by atoms with Crippen molar-refractivity contribution in [3.63, 3.8) is 0 Å². The van der Waals surface area contributed by atoms with Crippen LogP contribution < -0.4 is 10.5 Å². The molecular weight excluding hydrogens is 379 g/mol. The van der Waals surface area contributed by atoms with Gasteiger partial charge in [-0.15, -0.1) is 0 Å². The first-order valence-corrected chi connectivity index (χ1v) is 8.38. The third kappa shape index (κ3) is 4.76. The molecule has 2 heterocycles. The molecular formula is C18H12F3N3O2S. The van der Waals surface area contributed by atoms with Gasteiger partial charge in [-0.05, 0) is 42.5 Å². The van der Waals surface area contributed by atoms with Crippen molar-refractivity contribution < 1.29 is 22.7 Å². The molecule has 0 saturated carbocycles. The number of hydrogen-bond donors (Lipinski definition) is 1. The molecule has 9 heteroatoms. The van der Waals surface area contributed by atoms with Crippen molar-refractivity contribution in [3.05, 3.63) is 72.2 Å². The number of aromatic nitrogens is 2. The van der Waals surface area contributed by atoms with E-state index < -0.39 is 17.6 Å². The average molecular weight is 391 g/mol. The van der Waals surface area contributed by atoms with Crippen molar-refractivity contribution in [3.8, 4) is 11.5 Å². The van der Waals surface area contributed by atoms with Crippen molar-refractivity contribution in [1.29, 1.82) is 0 Å². The molecule has 3 rings (SSSR count). The second-order valence-corrected chi connectivity index (χ2v) is 6.37. The number of pyridine rings is 2. The largest absolute Gasteiger partial charge is 0.455 e. The third-order valence-electron chi connectivity index (χ3n) is 3.33. The molecule has 27 heavy (non-hydrogen) atoms. The minimum absolute atomic E-state index is 0.0446. The van der Waals surface area contributed by atoms with Crippen molar-refractivity contribution in [2.24, 2.45) is 5.73 Å². The van der Waals surface area contributed by atoms with Crippen LogP contribution >= 0.6 is 11.8 Å². The second-order valence-electron chi connectivity index (χ2n) is 5.28. The molecule has 3 aromatic rings. The highest BCUT2D eigenvalue weighted by Gasteiger charge is 2.30.